The van der Waals surface area contributed by atoms with E-state index in [1.165, 1.54) is 7.11 Å². The van der Waals surface area contributed by atoms with Gasteiger partial charge in [0.2, 0.25) is 10.0 Å². The maximum atomic E-state index is 13.2. The third-order valence-electron chi connectivity index (χ3n) is 6.30. The molecule has 0 saturated carbocycles. The fourth-order valence-electron chi connectivity index (χ4n) is 4.38. The lowest BCUT2D eigenvalue weighted by Crippen LogP contribution is -2.26. The normalized spacial score (nSPS) is 14.7. The molecule has 9 nitrogen and oxygen atoms in total. The van der Waals surface area contributed by atoms with Gasteiger partial charge in [0.25, 0.3) is 0 Å². The molecule has 0 unspecified atom stereocenters. The Morgan fingerprint density at radius 2 is 1.58 bits per heavy atom. The minimum Gasteiger partial charge on any atom is -0.492 e. The van der Waals surface area contributed by atoms with Crippen molar-refractivity contribution in [1.82, 2.24) is 0 Å². The molecule has 1 aliphatic heterocycles. The predicted octanol–water partition coefficient (Wildman–Crippen LogP) is 5.72. The summed E-state index contributed by atoms with van der Waals surface area (Å²) in [6.45, 7) is 7.37. The molecule has 1 saturated heterocycles. The lowest BCUT2D eigenvalue weighted by Gasteiger charge is -2.25. The van der Waals surface area contributed by atoms with E-state index in [-0.39, 0.29) is 23.0 Å². The summed E-state index contributed by atoms with van der Waals surface area (Å²) < 4.78 is 43.7. The van der Waals surface area contributed by atoms with Gasteiger partial charge < -0.3 is 24.8 Å². The van der Waals surface area contributed by atoms with Crippen LogP contribution in [0.3, 0.4) is 0 Å². The summed E-state index contributed by atoms with van der Waals surface area (Å²) in [5.41, 5.74) is 1.70. The van der Waals surface area contributed by atoms with Gasteiger partial charge in [-0.15, -0.1) is 0 Å². The molecule has 3 aromatic carbocycles. The Bertz CT molecular complexity index is 1430. The molecule has 2 amide bonds. The van der Waals surface area contributed by atoms with Gasteiger partial charge in [-0.2, -0.15) is 0 Å². The summed E-state index contributed by atoms with van der Waals surface area (Å²) in [5.74, 6) is 0.970. The number of hydrogen-bond acceptors (Lipinski definition) is 6. The Morgan fingerprint density at radius 3 is 2.21 bits per heavy atom. The number of urea groups is 1. The van der Waals surface area contributed by atoms with Crippen LogP contribution < -0.4 is 24.8 Å². The number of benzene rings is 3. The SMILES string of the molecule is COc1c(NC(=O)Nc2ccc(OC3CCOCC3)c3ccccc23)cc(C(C)(C)C)cc1NS(C)(=O)=O. The van der Waals surface area contributed by atoms with E-state index in [9.17, 15) is 13.2 Å². The van der Waals surface area contributed by atoms with E-state index in [1.54, 1.807) is 12.1 Å². The van der Waals surface area contributed by atoms with Crippen LogP contribution >= 0.6 is 0 Å². The van der Waals surface area contributed by atoms with Gasteiger partial charge in [-0.05, 0) is 35.2 Å². The van der Waals surface area contributed by atoms with E-state index in [0.717, 1.165) is 41.2 Å². The van der Waals surface area contributed by atoms with Crippen LogP contribution in [0.1, 0.15) is 39.2 Å². The molecular formula is C28H35N3O6S. The number of carbonyl (C=O) groups is 1. The van der Waals surface area contributed by atoms with Crippen molar-refractivity contribution < 1.29 is 27.4 Å². The first-order valence-corrected chi connectivity index (χ1v) is 14.4. The molecule has 38 heavy (non-hydrogen) atoms. The highest BCUT2D eigenvalue weighted by atomic mass is 32.2. The molecule has 10 heteroatoms. The van der Waals surface area contributed by atoms with E-state index >= 15 is 0 Å². The van der Waals surface area contributed by atoms with E-state index in [0.29, 0.717) is 24.6 Å². The lowest BCUT2D eigenvalue weighted by molar-refractivity contribution is 0.0262. The Labute approximate surface area is 223 Å². The molecule has 204 valence electrons. The first kappa shape index (κ1) is 27.5. The second-order valence-electron chi connectivity index (χ2n) is 10.4. The summed E-state index contributed by atoms with van der Waals surface area (Å²) in [6, 6.07) is 14.4. The summed E-state index contributed by atoms with van der Waals surface area (Å²) in [7, 11) is -2.16. The van der Waals surface area contributed by atoms with Crippen LogP contribution in [0.15, 0.2) is 48.5 Å². The van der Waals surface area contributed by atoms with Crippen LogP contribution in [0.4, 0.5) is 21.9 Å². The van der Waals surface area contributed by atoms with Crippen molar-refractivity contribution in [2.24, 2.45) is 0 Å². The van der Waals surface area contributed by atoms with Crippen LogP contribution in [0.25, 0.3) is 10.8 Å². The second-order valence-corrected chi connectivity index (χ2v) is 12.1. The van der Waals surface area contributed by atoms with E-state index in [4.69, 9.17) is 14.2 Å². The largest absolute Gasteiger partial charge is 0.492 e. The number of nitrogens with one attached hydrogen (secondary N) is 3. The Balaban J connectivity index is 1.63. The zero-order valence-corrected chi connectivity index (χ0v) is 23.2. The molecule has 0 atom stereocenters. The molecular weight excluding hydrogens is 506 g/mol. The van der Waals surface area contributed by atoms with Crippen molar-refractivity contribution in [3.8, 4) is 11.5 Å². The molecule has 0 aromatic heterocycles. The highest BCUT2D eigenvalue weighted by Gasteiger charge is 2.23. The number of hydrogen-bond donors (Lipinski definition) is 3. The average molecular weight is 542 g/mol. The quantitative estimate of drug-likeness (QED) is 0.352. The second kappa shape index (κ2) is 11.1. The molecule has 3 N–H and O–H groups in total. The zero-order valence-electron chi connectivity index (χ0n) is 22.4. The number of carbonyl (C=O) groups excluding carboxylic acids is 1. The van der Waals surface area contributed by atoms with Gasteiger partial charge in [-0.1, -0.05) is 45.0 Å². The number of ether oxygens (including phenoxy) is 3. The van der Waals surface area contributed by atoms with Gasteiger partial charge in [-0.25, -0.2) is 13.2 Å². The minimum absolute atomic E-state index is 0.0894. The van der Waals surface area contributed by atoms with Crippen molar-refractivity contribution in [2.75, 3.05) is 41.9 Å². The molecule has 0 spiro atoms. The van der Waals surface area contributed by atoms with Crippen molar-refractivity contribution in [3.05, 3.63) is 54.1 Å². The molecule has 0 bridgehead atoms. The number of methoxy groups -OCH3 is 1. The van der Waals surface area contributed by atoms with Crippen molar-refractivity contribution in [2.45, 2.75) is 45.1 Å². The first-order chi connectivity index (χ1) is 17.9. The molecule has 1 fully saturated rings. The van der Waals surface area contributed by atoms with E-state index in [1.807, 2.05) is 57.2 Å². The van der Waals surface area contributed by atoms with Gasteiger partial charge in [0.1, 0.15) is 11.9 Å². The Morgan fingerprint density at radius 1 is 0.947 bits per heavy atom. The number of sulfonamides is 1. The predicted molar refractivity (Wildman–Crippen MR) is 151 cm³/mol. The smallest absolute Gasteiger partial charge is 0.323 e. The number of fused-ring (bicyclic) bond motifs is 1. The van der Waals surface area contributed by atoms with Gasteiger partial charge in [0.15, 0.2) is 5.75 Å². The molecule has 1 aliphatic rings. The maximum Gasteiger partial charge on any atom is 0.323 e. The number of rotatable bonds is 7. The molecule has 1 heterocycles. The molecule has 4 rings (SSSR count). The molecule has 0 radical (unpaired) electrons. The van der Waals surface area contributed by atoms with E-state index < -0.39 is 16.1 Å². The van der Waals surface area contributed by atoms with Gasteiger partial charge in [0.05, 0.1) is 43.6 Å². The van der Waals surface area contributed by atoms with Crippen LogP contribution in [0.5, 0.6) is 11.5 Å². The Kier molecular flexibility index (Phi) is 8.03. The van der Waals surface area contributed by atoms with Crippen LogP contribution in [-0.4, -0.2) is 47.1 Å². The summed E-state index contributed by atoms with van der Waals surface area (Å²) in [4.78, 5) is 13.2. The van der Waals surface area contributed by atoms with Crippen LogP contribution in [0, 0.1) is 0 Å². The minimum atomic E-state index is -3.58. The van der Waals surface area contributed by atoms with Gasteiger partial charge >= 0.3 is 6.03 Å². The lowest BCUT2D eigenvalue weighted by atomic mass is 9.86. The zero-order chi connectivity index (χ0) is 27.5. The van der Waals surface area contributed by atoms with Crippen molar-refractivity contribution in [1.29, 1.82) is 0 Å². The van der Waals surface area contributed by atoms with E-state index in [2.05, 4.69) is 15.4 Å². The highest BCUT2D eigenvalue weighted by Crippen LogP contribution is 2.39. The number of anilines is 3. The average Bonchev–Trinajstić information content (AvgIpc) is 2.84. The summed E-state index contributed by atoms with van der Waals surface area (Å²) in [6.07, 6.45) is 2.83. The summed E-state index contributed by atoms with van der Waals surface area (Å²) >= 11 is 0. The third kappa shape index (κ3) is 6.68. The highest BCUT2D eigenvalue weighted by molar-refractivity contribution is 7.92. The van der Waals surface area contributed by atoms with Crippen molar-refractivity contribution in [3.63, 3.8) is 0 Å². The standard InChI is InChI=1S/C28H35N3O6S/c1-28(2,3)18-16-23(26(35-4)24(17-18)31-38(5,33)34)30-27(32)29-22-10-11-25(21-9-7-6-8-20(21)22)37-19-12-14-36-15-13-19/h6-11,16-17,19,31H,12-15H2,1-5H3,(H2,29,30,32). The third-order valence-corrected chi connectivity index (χ3v) is 6.89. The fourth-order valence-corrected chi connectivity index (χ4v) is 4.93. The molecule has 3 aromatic rings. The molecule has 0 aliphatic carbocycles. The monoisotopic (exact) mass is 541 g/mol. The Hall–Kier alpha value is -3.50. The van der Waals surface area contributed by atoms with Crippen molar-refractivity contribution >= 4 is 43.9 Å². The maximum absolute atomic E-state index is 13.2. The van der Waals surface area contributed by atoms with Crippen LogP contribution in [-0.2, 0) is 20.2 Å². The topological polar surface area (TPSA) is 115 Å². The fraction of sp³-hybridized carbons (Fsp3) is 0.393. The first-order valence-electron chi connectivity index (χ1n) is 12.5. The van der Waals surface area contributed by atoms with Gasteiger partial charge in [0, 0.05) is 23.6 Å². The van der Waals surface area contributed by atoms with Crippen LogP contribution in [0.2, 0.25) is 0 Å². The summed E-state index contributed by atoms with van der Waals surface area (Å²) in [5, 5.41) is 7.49. The number of amides is 2. The van der Waals surface area contributed by atoms with Gasteiger partial charge in [-0.3, -0.25) is 4.72 Å².